The molecular weight excluding hydrogens is 442 g/mol. The number of hydrogen-bond donors (Lipinski definition) is 0. The van der Waals surface area contributed by atoms with Gasteiger partial charge in [0.2, 0.25) is 0 Å². The minimum absolute atomic E-state index is 0.0660. The summed E-state index contributed by atoms with van der Waals surface area (Å²) in [5.74, 6) is 1.13. The van der Waals surface area contributed by atoms with E-state index in [4.69, 9.17) is 18.5 Å². The van der Waals surface area contributed by atoms with Crippen LogP contribution in [0, 0.1) is 12.8 Å². The summed E-state index contributed by atoms with van der Waals surface area (Å²) >= 11 is 0. The highest BCUT2D eigenvalue weighted by atomic mass is 32.2. The minimum atomic E-state index is -3.80. The van der Waals surface area contributed by atoms with Crippen molar-refractivity contribution in [1.82, 2.24) is 0 Å². The molecule has 33 heavy (non-hydrogen) atoms. The molecule has 0 saturated carbocycles. The average Bonchev–Trinajstić information content (AvgIpc) is 2.80. The van der Waals surface area contributed by atoms with E-state index in [1.54, 1.807) is 38.5 Å². The molecule has 0 aromatic heterocycles. The largest absolute Gasteiger partial charge is 0.488 e. The predicted octanol–water partition coefficient (Wildman–Crippen LogP) is 4.18. The van der Waals surface area contributed by atoms with Crippen LogP contribution in [0.1, 0.15) is 24.0 Å². The van der Waals surface area contributed by atoms with E-state index < -0.39 is 16.4 Å². The fourth-order valence-electron chi connectivity index (χ4n) is 3.70. The number of ether oxygens (including phenoxy) is 3. The molecule has 0 spiro atoms. The lowest BCUT2D eigenvalue weighted by molar-refractivity contribution is -1.07. The lowest BCUT2D eigenvalue weighted by atomic mass is 9.95. The van der Waals surface area contributed by atoms with Crippen molar-refractivity contribution in [3.05, 3.63) is 65.7 Å². The normalized spacial score (nSPS) is 21.5. The maximum Gasteiger partial charge on any atom is 0.342 e. The zero-order chi connectivity index (χ0) is 23.9. The Kier molecular flexibility index (Phi) is 8.67. The number of piperidine rings is 1. The van der Waals surface area contributed by atoms with Crippen molar-refractivity contribution < 1.29 is 31.6 Å². The number of allylic oxidation sites excluding steroid dienone is 1. The fraction of sp³-hybridized carbons (Fsp3) is 0.440. The van der Waals surface area contributed by atoms with Gasteiger partial charge in [-0.05, 0) is 42.7 Å². The van der Waals surface area contributed by atoms with Crippen LogP contribution in [-0.2, 0) is 23.9 Å². The van der Waals surface area contributed by atoms with Crippen molar-refractivity contribution in [2.75, 3.05) is 41.0 Å². The van der Waals surface area contributed by atoms with Crippen LogP contribution in [0.25, 0.3) is 6.08 Å². The van der Waals surface area contributed by atoms with E-state index in [0.29, 0.717) is 25.6 Å². The Bertz CT molecular complexity index is 1010. The van der Waals surface area contributed by atoms with Crippen LogP contribution in [0.3, 0.4) is 0 Å². The molecular formula is C25H34NO6S+. The van der Waals surface area contributed by atoms with Crippen LogP contribution in [0.5, 0.6) is 5.75 Å². The van der Waals surface area contributed by atoms with E-state index in [9.17, 15) is 8.42 Å². The summed E-state index contributed by atoms with van der Waals surface area (Å²) in [4.78, 5) is 0.196. The monoisotopic (exact) mass is 476 g/mol. The first kappa shape index (κ1) is 25.4. The van der Waals surface area contributed by atoms with E-state index >= 15 is 0 Å². The standard InChI is InChI=1S/C25H34NO6S/c1-20-5-13-24(14-6-20)33(27,28)32-26(2)17-15-22(16-18-26)8-7-21-9-11-23(12-10-21)31-19-25(29-3)30-4/h5-14,22,25H,15-19H2,1-4H3/q+1. The van der Waals surface area contributed by atoms with Crippen molar-refractivity contribution in [3.8, 4) is 5.75 Å². The molecule has 0 N–H and O–H groups in total. The lowest BCUT2D eigenvalue weighted by Crippen LogP contribution is -2.50. The first-order chi connectivity index (χ1) is 15.7. The minimum Gasteiger partial charge on any atom is -0.488 e. The molecule has 1 heterocycles. The Hall–Kier alpha value is -2.23. The third-order valence-electron chi connectivity index (χ3n) is 5.89. The number of quaternary nitrogens is 1. The molecule has 2 aromatic carbocycles. The number of aryl methyl sites for hydroxylation is 1. The first-order valence-electron chi connectivity index (χ1n) is 11.1. The van der Waals surface area contributed by atoms with Crippen molar-refractivity contribution in [3.63, 3.8) is 0 Å². The van der Waals surface area contributed by atoms with Crippen LogP contribution < -0.4 is 4.74 Å². The summed E-state index contributed by atoms with van der Waals surface area (Å²) in [5, 5.41) is 0. The van der Waals surface area contributed by atoms with Gasteiger partial charge in [0.25, 0.3) is 0 Å². The van der Waals surface area contributed by atoms with Crippen molar-refractivity contribution in [2.24, 2.45) is 5.92 Å². The molecule has 1 fully saturated rings. The van der Waals surface area contributed by atoms with Crippen LogP contribution in [0.4, 0.5) is 0 Å². The summed E-state index contributed by atoms with van der Waals surface area (Å²) in [6.07, 6.45) is 5.61. The SMILES string of the molecule is COC(COc1ccc(C=CC2CC[N+](C)(OS(=O)(=O)c3ccc(C)cc3)CC2)cc1)OC. The van der Waals surface area contributed by atoms with E-state index in [2.05, 4.69) is 12.2 Å². The highest BCUT2D eigenvalue weighted by Crippen LogP contribution is 2.27. The van der Waals surface area contributed by atoms with Gasteiger partial charge in [0.15, 0.2) is 6.29 Å². The summed E-state index contributed by atoms with van der Waals surface area (Å²) in [6, 6.07) is 14.6. The van der Waals surface area contributed by atoms with Gasteiger partial charge in [0.1, 0.15) is 32.5 Å². The van der Waals surface area contributed by atoms with Gasteiger partial charge in [0.05, 0.1) is 4.90 Å². The van der Waals surface area contributed by atoms with Gasteiger partial charge in [-0.2, -0.15) is 13.1 Å². The number of hydroxylamine groups is 3. The Morgan fingerprint density at radius 2 is 1.61 bits per heavy atom. The highest BCUT2D eigenvalue weighted by Gasteiger charge is 2.36. The quantitative estimate of drug-likeness (QED) is 0.378. The van der Waals surface area contributed by atoms with Gasteiger partial charge in [-0.3, -0.25) is 0 Å². The Balaban J connectivity index is 1.50. The lowest BCUT2D eigenvalue weighted by Gasteiger charge is -2.35. The molecule has 180 valence electrons. The number of nitrogens with zero attached hydrogens (tertiary/aromatic N) is 1. The second-order valence-electron chi connectivity index (χ2n) is 8.56. The maximum absolute atomic E-state index is 12.7. The van der Waals surface area contributed by atoms with Gasteiger partial charge in [-0.15, -0.1) is 0 Å². The third-order valence-corrected chi connectivity index (χ3v) is 7.29. The molecule has 0 atom stereocenters. The summed E-state index contributed by atoms with van der Waals surface area (Å²) in [6.45, 7) is 3.51. The van der Waals surface area contributed by atoms with Gasteiger partial charge < -0.3 is 14.2 Å². The van der Waals surface area contributed by atoms with Gasteiger partial charge in [-0.1, -0.05) is 46.3 Å². The Morgan fingerprint density at radius 1 is 1.00 bits per heavy atom. The van der Waals surface area contributed by atoms with Gasteiger partial charge in [0, 0.05) is 27.1 Å². The number of methoxy groups -OCH3 is 2. The zero-order valence-electron chi connectivity index (χ0n) is 19.8. The molecule has 2 aromatic rings. The van der Waals surface area contributed by atoms with Gasteiger partial charge >= 0.3 is 10.1 Å². The molecule has 3 rings (SSSR count). The summed E-state index contributed by atoms with van der Waals surface area (Å²) < 4.78 is 46.9. The molecule has 1 aliphatic rings. The van der Waals surface area contributed by atoms with Gasteiger partial charge in [-0.25, -0.2) is 0 Å². The number of likely N-dealkylation sites (tertiary alicyclic amines) is 1. The second-order valence-corrected chi connectivity index (χ2v) is 10.1. The maximum atomic E-state index is 12.7. The average molecular weight is 477 g/mol. The highest BCUT2D eigenvalue weighted by molar-refractivity contribution is 7.86. The Morgan fingerprint density at radius 3 is 2.18 bits per heavy atom. The first-order valence-corrected chi connectivity index (χ1v) is 12.5. The zero-order valence-corrected chi connectivity index (χ0v) is 20.6. The topological polar surface area (TPSA) is 71.1 Å². The third kappa shape index (κ3) is 7.38. The second kappa shape index (κ2) is 11.3. The predicted molar refractivity (Wildman–Crippen MR) is 127 cm³/mol. The number of rotatable bonds is 10. The van der Waals surface area contributed by atoms with E-state index in [1.165, 1.54) is 0 Å². The molecule has 0 bridgehead atoms. The summed E-state index contributed by atoms with van der Waals surface area (Å²) in [5.41, 5.74) is 2.09. The molecule has 8 heteroatoms. The number of hydrogen-bond acceptors (Lipinski definition) is 6. The van der Waals surface area contributed by atoms with Crippen molar-refractivity contribution >= 4 is 16.2 Å². The van der Waals surface area contributed by atoms with Crippen LogP contribution in [-0.4, -0.2) is 60.3 Å². The molecule has 0 amide bonds. The fourth-order valence-corrected chi connectivity index (χ4v) is 4.88. The smallest absolute Gasteiger partial charge is 0.342 e. The van der Waals surface area contributed by atoms with Crippen LogP contribution in [0.15, 0.2) is 59.5 Å². The van der Waals surface area contributed by atoms with E-state index in [1.807, 2.05) is 38.2 Å². The van der Waals surface area contributed by atoms with Crippen LogP contribution in [0.2, 0.25) is 0 Å². The molecule has 7 nitrogen and oxygen atoms in total. The summed E-state index contributed by atoms with van der Waals surface area (Å²) in [7, 11) is 1.19. The van der Waals surface area contributed by atoms with Crippen LogP contribution >= 0.6 is 0 Å². The van der Waals surface area contributed by atoms with E-state index in [0.717, 1.165) is 29.7 Å². The molecule has 1 saturated heterocycles. The van der Waals surface area contributed by atoms with Crippen molar-refractivity contribution in [2.45, 2.75) is 31.0 Å². The Labute approximate surface area is 197 Å². The van der Waals surface area contributed by atoms with Crippen molar-refractivity contribution in [1.29, 1.82) is 0 Å². The number of benzene rings is 2. The molecule has 0 aliphatic carbocycles. The molecule has 1 aliphatic heterocycles. The molecule has 0 unspecified atom stereocenters. The van der Waals surface area contributed by atoms with E-state index in [-0.39, 0.29) is 9.54 Å². The molecule has 0 radical (unpaired) electrons.